The van der Waals surface area contributed by atoms with Crippen molar-refractivity contribution < 1.29 is 19.0 Å². The van der Waals surface area contributed by atoms with Crippen LogP contribution in [0.2, 0.25) is 5.02 Å². The molecule has 2 aromatic carbocycles. The molecule has 5 nitrogen and oxygen atoms in total. The van der Waals surface area contributed by atoms with Gasteiger partial charge in [0.2, 0.25) is 6.79 Å². The fourth-order valence-corrected chi connectivity index (χ4v) is 2.72. The van der Waals surface area contributed by atoms with Crippen LogP contribution in [-0.4, -0.2) is 18.5 Å². The van der Waals surface area contributed by atoms with E-state index in [4.69, 9.17) is 25.8 Å². The van der Waals surface area contributed by atoms with Crippen molar-refractivity contribution in [2.24, 2.45) is 0 Å². The van der Waals surface area contributed by atoms with E-state index in [1.807, 2.05) is 6.07 Å². The van der Waals surface area contributed by atoms with Crippen LogP contribution in [-0.2, 0) is 4.74 Å². The van der Waals surface area contributed by atoms with Gasteiger partial charge in [0.15, 0.2) is 11.5 Å². The van der Waals surface area contributed by atoms with Crippen LogP contribution in [0.25, 0.3) is 5.70 Å². The minimum absolute atomic E-state index is 0.172. The van der Waals surface area contributed by atoms with Gasteiger partial charge in [-0.05, 0) is 51.1 Å². The normalized spacial score (nSPS) is 12.6. The van der Waals surface area contributed by atoms with Gasteiger partial charge in [0, 0.05) is 5.56 Å². The third kappa shape index (κ3) is 3.78. The first-order valence-electron chi connectivity index (χ1n) is 8.13. The third-order valence-electron chi connectivity index (χ3n) is 3.65. The van der Waals surface area contributed by atoms with E-state index in [0.29, 0.717) is 33.5 Å². The van der Waals surface area contributed by atoms with Crippen molar-refractivity contribution in [3.05, 3.63) is 59.6 Å². The molecular weight excluding hydrogens is 354 g/mol. The fraction of sp³-hybridized carbons (Fsp3) is 0.250. The van der Waals surface area contributed by atoms with Crippen molar-refractivity contribution in [1.82, 2.24) is 0 Å². The molecule has 0 radical (unpaired) electrons. The smallest absolute Gasteiger partial charge is 0.419 e. The maximum absolute atomic E-state index is 12.9. The van der Waals surface area contributed by atoms with Crippen LogP contribution in [0.15, 0.2) is 49.0 Å². The quantitative estimate of drug-likeness (QED) is 0.714. The van der Waals surface area contributed by atoms with E-state index in [2.05, 4.69) is 6.58 Å². The molecule has 0 saturated heterocycles. The van der Waals surface area contributed by atoms with Gasteiger partial charge in [-0.25, -0.2) is 9.69 Å². The van der Waals surface area contributed by atoms with Gasteiger partial charge in [0.05, 0.1) is 16.4 Å². The summed E-state index contributed by atoms with van der Waals surface area (Å²) < 4.78 is 16.3. The van der Waals surface area contributed by atoms with Crippen LogP contribution in [0.4, 0.5) is 10.5 Å². The number of nitrogens with zero attached hydrogens (tertiary/aromatic N) is 1. The van der Waals surface area contributed by atoms with E-state index < -0.39 is 11.7 Å². The Hall–Kier alpha value is -2.66. The van der Waals surface area contributed by atoms with Gasteiger partial charge in [-0.3, -0.25) is 0 Å². The number of anilines is 1. The molecule has 6 heteroatoms. The van der Waals surface area contributed by atoms with E-state index in [9.17, 15) is 4.79 Å². The van der Waals surface area contributed by atoms with Crippen molar-refractivity contribution in [2.45, 2.75) is 26.4 Å². The maximum atomic E-state index is 12.9. The Balaban J connectivity index is 2.01. The highest BCUT2D eigenvalue weighted by molar-refractivity contribution is 6.34. The number of ether oxygens (including phenoxy) is 3. The van der Waals surface area contributed by atoms with Gasteiger partial charge >= 0.3 is 6.09 Å². The number of hydrogen-bond donors (Lipinski definition) is 0. The Morgan fingerprint density at radius 3 is 2.54 bits per heavy atom. The topological polar surface area (TPSA) is 48.0 Å². The monoisotopic (exact) mass is 373 g/mol. The summed E-state index contributed by atoms with van der Waals surface area (Å²) in [6, 6.07) is 12.4. The molecular formula is C20H20ClNO4. The standard InChI is InChI=1S/C20H20ClNO4/c1-13(14-9-10-17-18(11-14)25-12-24-17)22(19(23)26-20(2,3)4)16-8-6-5-7-15(16)21/h5-11H,1,12H2,2-4H3. The van der Waals surface area contributed by atoms with Crippen molar-refractivity contribution in [1.29, 1.82) is 0 Å². The summed E-state index contributed by atoms with van der Waals surface area (Å²) in [6.07, 6.45) is -0.562. The molecule has 0 aliphatic carbocycles. The molecule has 136 valence electrons. The second kappa shape index (κ2) is 6.92. The summed E-state index contributed by atoms with van der Waals surface area (Å²) in [4.78, 5) is 14.3. The lowest BCUT2D eigenvalue weighted by molar-refractivity contribution is 0.0600. The highest BCUT2D eigenvalue weighted by Crippen LogP contribution is 2.37. The molecule has 26 heavy (non-hydrogen) atoms. The molecule has 0 unspecified atom stereocenters. The van der Waals surface area contributed by atoms with Crippen LogP contribution >= 0.6 is 11.6 Å². The average Bonchev–Trinajstić information content (AvgIpc) is 3.02. The third-order valence-corrected chi connectivity index (χ3v) is 3.96. The zero-order valence-corrected chi connectivity index (χ0v) is 15.7. The maximum Gasteiger partial charge on any atom is 0.419 e. The molecule has 0 saturated carbocycles. The van der Waals surface area contributed by atoms with Crippen LogP contribution in [0.1, 0.15) is 26.3 Å². The van der Waals surface area contributed by atoms with E-state index in [-0.39, 0.29) is 6.79 Å². The minimum atomic E-state index is -0.661. The number of benzene rings is 2. The number of hydrogen-bond acceptors (Lipinski definition) is 4. The van der Waals surface area contributed by atoms with Crippen LogP contribution in [0.3, 0.4) is 0 Å². The summed E-state index contributed by atoms with van der Waals surface area (Å²) in [5.41, 5.74) is 0.947. The van der Waals surface area contributed by atoms with Crippen molar-refractivity contribution in [3.63, 3.8) is 0 Å². The zero-order valence-electron chi connectivity index (χ0n) is 14.9. The Morgan fingerprint density at radius 1 is 1.15 bits per heavy atom. The lowest BCUT2D eigenvalue weighted by atomic mass is 10.1. The summed E-state index contributed by atoms with van der Waals surface area (Å²) in [7, 11) is 0. The molecule has 0 N–H and O–H groups in total. The first-order chi connectivity index (χ1) is 12.3. The lowest BCUT2D eigenvalue weighted by Crippen LogP contribution is -2.35. The number of rotatable bonds is 3. The summed E-state index contributed by atoms with van der Waals surface area (Å²) in [5.74, 6) is 1.26. The number of carbonyl (C=O) groups excluding carboxylic acids is 1. The minimum Gasteiger partial charge on any atom is -0.454 e. The highest BCUT2D eigenvalue weighted by atomic mass is 35.5. The number of halogens is 1. The molecule has 0 fully saturated rings. The number of amides is 1. The Labute approximate surface area is 157 Å². The van der Waals surface area contributed by atoms with Crippen molar-refractivity contribution in [2.75, 3.05) is 11.7 Å². The molecule has 1 heterocycles. The van der Waals surface area contributed by atoms with Crippen LogP contribution in [0, 0.1) is 0 Å². The van der Waals surface area contributed by atoms with E-state index in [1.54, 1.807) is 57.2 Å². The van der Waals surface area contributed by atoms with Gasteiger partial charge in [0.25, 0.3) is 0 Å². The Bertz CT molecular complexity index is 857. The average molecular weight is 374 g/mol. The lowest BCUT2D eigenvalue weighted by Gasteiger charge is -2.29. The van der Waals surface area contributed by atoms with Crippen LogP contribution < -0.4 is 14.4 Å². The van der Waals surface area contributed by atoms with Gasteiger partial charge in [-0.1, -0.05) is 30.3 Å². The highest BCUT2D eigenvalue weighted by Gasteiger charge is 2.28. The molecule has 0 spiro atoms. The first-order valence-corrected chi connectivity index (χ1v) is 8.50. The second-order valence-electron chi connectivity index (χ2n) is 6.78. The molecule has 1 aliphatic heterocycles. The SMILES string of the molecule is C=C(c1ccc2c(c1)OCO2)N(C(=O)OC(C)(C)C)c1ccccc1Cl. The Kier molecular flexibility index (Phi) is 4.83. The van der Waals surface area contributed by atoms with Gasteiger partial charge in [-0.2, -0.15) is 0 Å². The predicted molar refractivity (Wildman–Crippen MR) is 102 cm³/mol. The number of fused-ring (bicyclic) bond motifs is 1. The predicted octanol–water partition coefficient (Wildman–Crippen LogP) is 5.48. The molecule has 0 aromatic heterocycles. The number of para-hydroxylation sites is 1. The molecule has 3 rings (SSSR count). The summed E-state index contributed by atoms with van der Waals surface area (Å²) in [5, 5.41) is 0.417. The van der Waals surface area contributed by atoms with Gasteiger partial charge in [0.1, 0.15) is 5.60 Å². The summed E-state index contributed by atoms with van der Waals surface area (Å²) in [6.45, 7) is 9.68. The van der Waals surface area contributed by atoms with E-state index >= 15 is 0 Å². The second-order valence-corrected chi connectivity index (χ2v) is 7.19. The zero-order chi connectivity index (χ0) is 18.9. The van der Waals surface area contributed by atoms with Crippen molar-refractivity contribution in [3.8, 4) is 11.5 Å². The molecule has 0 bridgehead atoms. The van der Waals surface area contributed by atoms with E-state index in [0.717, 1.165) is 0 Å². The molecule has 2 aromatic rings. The summed E-state index contributed by atoms with van der Waals surface area (Å²) >= 11 is 6.32. The van der Waals surface area contributed by atoms with E-state index in [1.165, 1.54) is 4.90 Å². The molecule has 1 amide bonds. The molecule has 1 aliphatic rings. The van der Waals surface area contributed by atoms with Crippen molar-refractivity contribution >= 4 is 29.1 Å². The molecule has 0 atom stereocenters. The van der Waals surface area contributed by atoms with Gasteiger partial charge < -0.3 is 14.2 Å². The van der Waals surface area contributed by atoms with Gasteiger partial charge in [-0.15, -0.1) is 0 Å². The largest absolute Gasteiger partial charge is 0.454 e. The van der Waals surface area contributed by atoms with Crippen LogP contribution in [0.5, 0.6) is 11.5 Å². The Morgan fingerprint density at radius 2 is 1.85 bits per heavy atom. The fourth-order valence-electron chi connectivity index (χ4n) is 2.50. The number of carbonyl (C=O) groups is 1. The first kappa shape index (κ1) is 18.1.